The zero-order chi connectivity index (χ0) is 18.1. The number of hydrogen-bond acceptors (Lipinski definition) is 4. The largest absolute Gasteiger partial charge is 0.369 e. The third-order valence-electron chi connectivity index (χ3n) is 5.19. The first kappa shape index (κ1) is 17.7. The summed E-state index contributed by atoms with van der Waals surface area (Å²) in [6.45, 7) is 4.15. The van der Waals surface area contributed by atoms with E-state index in [4.69, 9.17) is 17.3 Å². The fraction of sp³-hybridized carbons (Fsp3) is 0.500. The maximum absolute atomic E-state index is 12.5. The van der Waals surface area contributed by atoms with Gasteiger partial charge in [0.05, 0.1) is 10.7 Å². The quantitative estimate of drug-likeness (QED) is 0.883. The molecular weight excluding hydrogens is 342 g/mol. The van der Waals surface area contributed by atoms with Crippen LogP contribution in [0, 0.1) is 5.92 Å². The number of hydrogen-bond donors (Lipinski definition) is 1. The molecule has 0 bridgehead atoms. The molecule has 0 unspecified atom stereocenters. The van der Waals surface area contributed by atoms with E-state index in [1.807, 2.05) is 18.2 Å². The molecule has 0 aromatic heterocycles. The Labute approximate surface area is 151 Å². The van der Waals surface area contributed by atoms with Crippen molar-refractivity contribution in [2.75, 3.05) is 31.1 Å². The van der Waals surface area contributed by atoms with Gasteiger partial charge in [0, 0.05) is 51.4 Å². The lowest BCUT2D eigenvalue weighted by Gasteiger charge is -2.37. The minimum absolute atomic E-state index is 0.0367. The molecule has 1 aromatic carbocycles. The molecule has 0 radical (unpaired) electrons. The molecule has 1 aromatic rings. The first-order valence-electron chi connectivity index (χ1n) is 8.49. The third-order valence-corrected chi connectivity index (χ3v) is 5.50. The molecular formula is C18H22ClN3O3. The number of anilines is 1. The van der Waals surface area contributed by atoms with E-state index in [1.165, 1.54) is 0 Å². The molecule has 1 saturated heterocycles. The number of Topliss-reactive ketones (excluding diaryl/α,β-unsaturated/α-hetero) is 1. The van der Waals surface area contributed by atoms with Crippen LogP contribution >= 0.6 is 11.6 Å². The number of amides is 2. The molecule has 2 amide bonds. The molecule has 0 spiro atoms. The van der Waals surface area contributed by atoms with Crippen molar-refractivity contribution in [2.24, 2.45) is 11.7 Å². The normalized spacial score (nSPS) is 23.8. The van der Waals surface area contributed by atoms with Crippen LogP contribution in [0.2, 0.25) is 5.02 Å². The summed E-state index contributed by atoms with van der Waals surface area (Å²) in [5.41, 5.74) is 7.09. The average Bonchev–Trinajstić information content (AvgIpc) is 2.97. The van der Waals surface area contributed by atoms with Crippen LogP contribution < -0.4 is 10.6 Å². The van der Waals surface area contributed by atoms with E-state index >= 15 is 0 Å². The predicted molar refractivity (Wildman–Crippen MR) is 95.6 cm³/mol. The number of benzene rings is 1. The fourth-order valence-electron chi connectivity index (χ4n) is 3.79. The van der Waals surface area contributed by atoms with Crippen molar-refractivity contribution in [3.8, 4) is 0 Å². The summed E-state index contributed by atoms with van der Waals surface area (Å²) in [6, 6.07) is 5.55. The Kier molecular flexibility index (Phi) is 4.99. The van der Waals surface area contributed by atoms with Gasteiger partial charge in [-0.3, -0.25) is 14.4 Å². The van der Waals surface area contributed by atoms with E-state index in [0.29, 0.717) is 37.6 Å². The van der Waals surface area contributed by atoms with Gasteiger partial charge in [-0.25, -0.2) is 0 Å². The zero-order valence-electron chi connectivity index (χ0n) is 14.2. The molecule has 1 saturated carbocycles. The van der Waals surface area contributed by atoms with E-state index in [2.05, 4.69) is 4.90 Å². The minimum Gasteiger partial charge on any atom is -0.369 e. The highest BCUT2D eigenvalue weighted by molar-refractivity contribution is 6.33. The molecule has 2 N–H and O–H groups in total. The van der Waals surface area contributed by atoms with E-state index in [0.717, 1.165) is 11.3 Å². The van der Waals surface area contributed by atoms with Crippen molar-refractivity contribution in [3.05, 3.63) is 28.8 Å². The van der Waals surface area contributed by atoms with Gasteiger partial charge in [0.1, 0.15) is 5.78 Å². The first-order chi connectivity index (χ1) is 11.9. The lowest BCUT2D eigenvalue weighted by Crippen LogP contribution is -2.48. The van der Waals surface area contributed by atoms with Crippen LogP contribution in [0.25, 0.3) is 0 Å². The lowest BCUT2D eigenvalue weighted by atomic mass is 9.93. The van der Waals surface area contributed by atoms with Gasteiger partial charge in [0.2, 0.25) is 11.8 Å². The summed E-state index contributed by atoms with van der Waals surface area (Å²) in [5, 5.41) is 0.587. The van der Waals surface area contributed by atoms with E-state index in [1.54, 1.807) is 11.8 Å². The maximum Gasteiger partial charge on any atom is 0.221 e. The number of carbonyl (C=O) groups is 3. The summed E-state index contributed by atoms with van der Waals surface area (Å²) in [7, 11) is 0. The van der Waals surface area contributed by atoms with Crippen LogP contribution in [0.5, 0.6) is 0 Å². The monoisotopic (exact) mass is 363 g/mol. The number of nitrogens with zero attached hydrogens (tertiary/aromatic N) is 2. The fourth-order valence-corrected chi connectivity index (χ4v) is 4.09. The highest BCUT2D eigenvalue weighted by atomic mass is 35.5. The number of piperazine rings is 1. The molecule has 1 aliphatic heterocycles. The summed E-state index contributed by atoms with van der Waals surface area (Å²) in [4.78, 5) is 39.4. The molecule has 2 atom stereocenters. The Morgan fingerprint density at radius 2 is 1.88 bits per heavy atom. The van der Waals surface area contributed by atoms with Crippen molar-refractivity contribution in [1.29, 1.82) is 0 Å². The van der Waals surface area contributed by atoms with E-state index in [-0.39, 0.29) is 24.0 Å². The van der Waals surface area contributed by atoms with Gasteiger partial charge in [-0.1, -0.05) is 23.7 Å². The van der Waals surface area contributed by atoms with Gasteiger partial charge in [-0.05, 0) is 18.1 Å². The van der Waals surface area contributed by atoms with Gasteiger partial charge < -0.3 is 15.5 Å². The van der Waals surface area contributed by atoms with Crippen LogP contribution in [0.3, 0.4) is 0 Å². The van der Waals surface area contributed by atoms with Crippen molar-refractivity contribution < 1.29 is 14.4 Å². The van der Waals surface area contributed by atoms with Crippen LogP contribution in [0.1, 0.15) is 31.2 Å². The summed E-state index contributed by atoms with van der Waals surface area (Å²) < 4.78 is 0. The maximum atomic E-state index is 12.5. The minimum atomic E-state index is -0.422. The second-order valence-corrected chi connectivity index (χ2v) is 7.14. The summed E-state index contributed by atoms with van der Waals surface area (Å²) >= 11 is 6.46. The average molecular weight is 364 g/mol. The van der Waals surface area contributed by atoms with Gasteiger partial charge in [-0.15, -0.1) is 0 Å². The van der Waals surface area contributed by atoms with E-state index in [9.17, 15) is 14.4 Å². The molecule has 2 aliphatic rings. The van der Waals surface area contributed by atoms with Crippen LogP contribution in [0.15, 0.2) is 18.2 Å². The molecule has 25 heavy (non-hydrogen) atoms. The number of nitrogens with two attached hydrogens (primary N) is 1. The number of rotatable bonds is 3. The Bertz CT molecular complexity index is 714. The second-order valence-electron chi connectivity index (χ2n) is 6.73. The lowest BCUT2D eigenvalue weighted by molar-refractivity contribution is -0.129. The van der Waals surface area contributed by atoms with Gasteiger partial charge in [0.25, 0.3) is 0 Å². The summed E-state index contributed by atoms with van der Waals surface area (Å²) in [6.07, 6.45) is 0.638. The van der Waals surface area contributed by atoms with Gasteiger partial charge in [-0.2, -0.15) is 0 Å². The van der Waals surface area contributed by atoms with Gasteiger partial charge in [0.15, 0.2) is 0 Å². The third kappa shape index (κ3) is 3.49. The van der Waals surface area contributed by atoms with Crippen LogP contribution in [-0.4, -0.2) is 48.7 Å². The number of ketones is 1. The number of para-hydroxylation sites is 1. The predicted octanol–water partition coefficient (Wildman–Crippen LogP) is 1.56. The molecule has 6 nitrogen and oxygen atoms in total. The molecule has 1 aliphatic carbocycles. The van der Waals surface area contributed by atoms with Crippen molar-refractivity contribution in [1.82, 2.24) is 4.90 Å². The zero-order valence-corrected chi connectivity index (χ0v) is 15.0. The first-order valence-corrected chi connectivity index (χ1v) is 8.87. The highest BCUT2D eigenvalue weighted by Crippen LogP contribution is 2.42. The number of carbonyl (C=O) groups excluding carboxylic acids is 3. The van der Waals surface area contributed by atoms with E-state index < -0.39 is 11.8 Å². The molecule has 2 fully saturated rings. The van der Waals surface area contributed by atoms with Crippen molar-refractivity contribution in [3.63, 3.8) is 0 Å². The Hall–Kier alpha value is -2.08. The van der Waals surface area contributed by atoms with Crippen molar-refractivity contribution in [2.45, 2.75) is 25.7 Å². The Balaban J connectivity index is 1.87. The SMILES string of the molecule is CC(=O)N1CCN(c2c(Cl)cccc2[C@H]2C[C@H](C(N)=O)CC2=O)CC1. The van der Waals surface area contributed by atoms with Crippen LogP contribution in [-0.2, 0) is 14.4 Å². The highest BCUT2D eigenvalue weighted by Gasteiger charge is 2.38. The number of primary amides is 1. The number of halogens is 1. The smallest absolute Gasteiger partial charge is 0.221 e. The van der Waals surface area contributed by atoms with Crippen LogP contribution in [0.4, 0.5) is 5.69 Å². The summed E-state index contributed by atoms with van der Waals surface area (Å²) in [5.74, 6) is -1.07. The second kappa shape index (κ2) is 7.04. The molecule has 7 heteroatoms. The molecule has 134 valence electrons. The Morgan fingerprint density at radius 1 is 1.20 bits per heavy atom. The van der Waals surface area contributed by atoms with Gasteiger partial charge >= 0.3 is 0 Å². The Morgan fingerprint density at radius 3 is 2.44 bits per heavy atom. The molecule has 3 rings (SSSR count). The topological polar surface area (TPSA) is 83.7 Å². The van der Waals surface area contributed by atoms with Crippen molar-refractivity contribution >= 4 is 34.9 Å². The molecule has 1 heterocycles. The standard InChI is InChI=1S/C18H22ClN3O3/c1-11(23)21-5-7-22(8-6-21)17-13(3-2-4-15(17)19)14-9-12(18(20)25)10-16(14)24/h2-4,12,14H,5-10H2,1H3,(H2,20,25)/t12-,14+/m0/s1.